The number of nitrogens with one attached hydrogen (secondary N) is 1. The van der Waals surface area contributed by atoms with Crippen LogP contribution in [0.3, 0.4) is 0 Å². The monoisotopic (exact) mass is 327 g/mol. The fourth-order valence-corrected chi connectivity index (χ4v) is 2.50. The van der Waals surface area contributed by atoms with Crippen molar-refractivity contribution in [3.63, 3.8) is 0 Å². The molecule has 0 bridgehead atoms. The second-order valence-corrected chi connectivity index (χ2v) is 5.41. The number of hydrogen-bond acceptors (Lipinski definition) is 2. The zero-order valence-corrected chi connectivity index (χ0v) is 12.7. The van der Waals surface area contributed by atoms with Gasteiger partial charge < -0.3 is 5.32 Å². The SMILES string of the molecule is CCn1cc(C(C)Nc2ccc(Cl)cc2Br)cn1. The first-order valence-electron chi connectivity index (χ1n) is 5.84. The van der Waals surface area contributed by atoms with Gasteiger partial charge in [0.2, 0.25) is 0 Å². The molecule has 96 valence electrons. The van der Waals surface area contributed by atoms with Gasteiger partial charge in [0, 0.05) is 33.5 Å². The largest absolute Gasteiger partial charge is 0.377 e. The van der Waals surface area contributed by atoms with Crippen LogP contribution in [0.25, 0.3) is 0 Å². The Morgan fingerprint density at radius 3 is 2.89 bits per heavy atom. The first-order chi connectivity index (χ1) is 8.60. The molecule has 0 fully saturated rings. The highest BCUT2D eigenvalue weighted by Gasteiger charge is 2.09. The van der Waals surface area contributed by atoms with Gasteiger partial charge in [0.05, 0.1) is 12.2 Å². The molecule has 1 unspecified atom stereocenters. The van der Waals surface area contributed by atoms with Crippen molar-refractivity contribution < 1.29 is 0 Å². The lowest BCUT2D eigenvalue weighted by Gasteiger charge is -2.15. The van der Waals surface area contributed by atoms with E-state index >= 15 is 0 Å². The third-order valence-electron chi connectivity index (χ3n) is 2.78. The predicted octanol–water partition coefficient (Wildman–Crippen LogP) is 4.49. The molecule has 1 heterocycles. The number of aromatic nitrogens is 2. The van der Waals surface area contributed by atoms with E-state index in [2.05, 4.69) is 46.4 Å². The fourth-order valence-electron chi connectivity index (χ4n) is 1.70. The van der Waals surface area contributed by atoms with Gasteiger partial charge in [-0.25, -0.2) is 0 Å². The number of nitrogens with zero attached hydrogens (tertiary/aromatic N) is 2. The summed E-state index contributed by atoms with van der Waals surface area (Å²) in [6.45, 7) is 5.07. The molecule has 1 aromatic carbocycles. The van der Waals surface area contributed by atoms with Crippen LogP contribution in [0.2, 0.25) is 5.02 Å². The summed E-state index contributed by atoms with van der Waals surface area (Å²) in [5.74, 6) is 0. The molecule has 0 aliphatic heterocycles. The van der Waals surface area contributed by atoms with Crippen molar-refractivity contribution >= 4 is 33.2 Å². The van der Waals surface area contributed by atoms with Gasteiger partial charge in [-0.3, -0.25) is 4.68 Å². The van der Waals surface area contributed by atoms with Crippen LogP contribution >= 0.6 is 27.5 Å². The number of halogens is 2. The van der Waals surface area contributed by atoms with E-state index in [1.165, 1.54) is 5.56 Å². The first kappa shape index (κ1) is 13.4. The van der Waals surface area contributed by atoms with Gasteiger partial charge in [-0.2, -0.15) is 5.10 Å². The molecule has 0 radical (unpaired) electrons. The number of aryl methyl sites for hydroxylation is 1. The van der Waals surface area contributed by atoms with E-state index in [0.29, 0.717) is 0 Å². The van der Waals surface area contributed by atoms with E-state index in [1.807, 2.05) is 29.1 Å². The lowest BCUT2D eigenvalue weighted by atomic mass is 10.2. The molecule has 5 heteroatoms. The molecule has 1 N–H and O–H groups in total. The molecular formula is C13H15BrClN3. The van der Waals surface area contributed by atoms with E-state index in [4.69, 9.17) is 11.6 Å². The van der Waals surface area contributed by atoms with Crippen molar-refractivity contribution in [2.24, 2.45) is 0 Å². The normalized spacial score (nSPS) is 12.4. The molecule has 3 nitrogen and oxygen atoms in total. The number of rotatable bonds is 4. The van der Waals surface area contributed by atoms with Gasteiger partial charge in [-0.1, -0.05) is 11.6 Å². The van der Waals surface area contributed by atoms with E-state index in [9.17, 15) is 0 Å². The molecule has 0 amide bonds. The third kappa shape index (κ3) is 3.06. The zero-order chi connectivity index (χ0) is 13.1. The van der Waals surface area contributed by atoms with Crippen LogP contribution in [0.15, 0.2) is 35.1 Å². The number of benzene rings is 1. The first-order valence-corrected chi connectivity index (χ1v) is 7.01. The molecule has 1 aromatic heterocycles. The molecule has 2 aromatic rings. The standard InChI is InChI=1S/C13H15BrClN3/c1-3-18-8-10(7-16-18)9(2)17-13-5-4-11(15)6-12(13)14/h4-9,17H,3H2,1-2H3. The smallest absolute Gasteiger partial charge is 0.0542 e. The van der Waals surface area contributed by atoms with Gasteiger partial charge in [0.15, 0.2) is 0 Å². The van der Waals surface area contributed by atoms with Crippen LogP contribution in [-0.4, -0.2) is 9.78 Å². The van der Waals surface area contributed by atoms with E-state index in [-0.39, 0.29) is 6.04 Å². The molecular weight excluding hydrogens is 314 g/mol. The fraction of sp³-hybridized carbons (Fsp3) is 0.308. The molecule has 0 saturated heterocycles. The van der Waals surface area contributed by atoms with Gasteiger partial charge in [-0.15, -0.1) is 0 Å². The molecule has 0 spiro atoms. The third-order valence-corrected chi connectivity index (χ3v) is 3.67. The summed E-state index contributed by atoms with van der Waals surface area (Å²) < 4.78 is 2.88. The summed E-state index contributed by atoms with van der Waals surface area (Å²) in [6.07, 6.45) is 3.95. The maximum Gasteiger partial charge on any atom is 0.0542 e. The Morgan fingerprint density at radius 2 is 2.28 bits per heavy atom. The van der Waals surface area contributed by atoms with Crippen molar-refractivity contribution in [2.75, 3.05) is 5.32 Å². The summed E-state index contributed by atoms with van der Waals surface area (Å²) in [6, 6.07) is 5.92. The summed E-state index contributed by atoms with van der Waals surface area (Å²) in [5, 5.41) is 8.43. The Kier molecular flexibility index (Phi) is 4.30. The average Bonchev–Trinajstić information content (AvgIpc) is 2.81. The second-order valence-electron chi connectivity index (χ2n) is 4.12. The highest BCUT2D eigenvalue weighted by Crippen LogP contribution is 2.28. The summed E-state index contributed by atoms with van der Waals surface area (Å²) in [7, 11) is 0. The Labute approximate surface area is 120 Å². The van der Waals surface area contributed by atoms with Crippen molar-refractivity contribution in [1.29, 1.82) is 0 Å². The minimum absolute atomic E-state index is 0.197. The topological polar surface area (TPSA) is 29.9 Å². The van der Waals surface area contributed by atoms with Crippen LogP contribution in [0.4, 0.5) is 5.69 Å². The summed E-state index contributed by atoms with van der Waals surface area (Å²) >= 11 is 9.42. The zero-order valence-electron chi connectivity index (χ0n) is 10.3. The van der Waals surface area contributed by atoms with Gasteiger partial charge >= 0.3 is 0 Å². The van der Waals surface area contributed by atoms with Crippen LogP contribution in [0.1, 0.15) is 25.5 Å². The summed E-state index contributed by atoms with van der Waals surface area (Å²) in [4.78, 5) is 0. The van der Waals surface area contributed by atoms with Crippen LogP contribution in [0.5, 0.6) is 0 Å². The number of hydrogen-bond donors (Lipinski definition) is 1. The quantitative estimate of drug-likeness (QED) is 0.896. The van der Waals surface area contributed by atoms with Crippen LogP contribution < -0.4 is 5.32 Å². The molecule has 0 aliphatic carbocycles. The summed E-state index contributed by atoms with van der Waals surface area (Å²) in [5.41, 5.74) is 2.19. The van der Waals surface area contributed by atoms with Crippen LogP contribution in [-0.2, 0) is 6.54 Å². The highest BCUT2D eigenvalue weighted by molar-refractivity contribution is 9.10. The number of anilines is 1. The molecule has 0 saturated carbocycles. The molecule has 1 atom stereocenters. The van der Waals surface area contributed by atoms with Crippen molar-refractivity contribution in [3.05, 3.63) is 45.7 Å². The van der Waals surface area contributed by atoms with Crippen molar-refractivity contribution in [3.8, 4) is 0 Å². The van der Waals surface area contributed by atoms with Gasteiger partial charge in [0.1, 0.15) is 0 Å². The average molecular weight is 329 g/mol. The Bertz CT molecular complexity index is 539. The van der Waals surface area contributed by atoms with E-state index in [1.54, 1.807) is 0 Å². The van der Waals surface area contributed by atoms with Gasteiger partial charge in [-0.05, 0) is 48.0 Å². The van der Waals surface area contributed by atoms with Gasteiger partial charge in [0.25, 0.3) is 0 Å². The molecule has 2 rings (SSSR count). The van der Waals surface area contributed by atoms with E-state index in [0.717, 1.165) is 21.7 Å². The Balaban J connectivity index is 2.13. The highest BCUT2D eigenvalue weighted by atomic mass is 79.9. The Morgan fingerprint density at radius 1 is 1.50 bits per heavy atom. The van der Waals surface area contributed by atoms with Crippen LogP contribution in [0, 0.1) is 0 Å². The molecule has 18 heavy (non-hydrogen) atoms. The Hall–Kier alpha value is -1.00. The predicted molar refractivity (Wildman–Crippen MR) is 79.1 cm³/mol. The minimum Gasteiger partial charge on any atom is -0.377 e. The molecule has 0 aliphatic rings. The second kappa shape index (κ2) is 5.76. The minimum atomic E-state index is 0.197. The maximum atomic E-state index is 5.92. The van der Waals surface area contributed by atoms with Crippen molar-refractivity contribution in [1.82, 2.24) is 9.78 Å². The van der Waals surface area contributed by atoms with E-state index < -0.39 is 0 Å². The van der Waals surface area contributed by atoms with Crippen molar-refractivity contribution in [2.45, 2.75) is 26.4 Å². The lowest BCUT2D eigenvalue weighted by Crippen LogP contribution is -2.06. The maximum absolute atomic E-state index is 5.92. The lowest BCUT2D eigenvalue weighted by molar-refractivity contribution is 0.658.